The highest BCUT2D eigenvalue weighted by Crippen LogP contribution is 2.23. The lowest BCUT2D eigenvalue weighted by molar-refractivity contribution is -0.384. The maximum Gasteiger partial charge on any atom is 0.269 e. The van der Waals surface area contributed by atoms with Crippen molar-refractivity contribution in [1.82, 2.24) is 0 Å². The van der Waals surface area contributed by atoms with Crippen molar-refractivity contribution in [3.05, 3.63) is 75.1 Å². The van der Waals surface area contributed by atoms with E-state index in [1.807, 2.05) is 0 Å². The molecule has 2 aromatic rings. The Kier molecular flexibility index (Phi) is 4.10. The molecule has 0 amide bonds. The molecule has 0 saturated heterocycles. The Morgan fingerprint density at radius 3 is 2.50 bits per heavy atom. The highest BCUT2D eigenvalue weighted by atomic mass is 19.1. The minimum absolute atomic E-state index is 0.00479. The molecule has 2 aromatic carbocycles. The van der Waals surface area contributed by atoms with Crippen LogP contribution < -0.4 is 0 Å². The molecule has 0 aliphatic rings. The van der Waals surface area contributed by atoms with Gasteiger partial charge in [-0.2, -0.15) is 0 Å². The third-order valence-corrected chi connectivity index (χ3v) is 3.18. The van der Waals surface area contributed by atoms with E-state index < -0.39 is 16.8 Å². The summed E-state index contributed by atoms with van der Waals surface area (Å²) in [4.78, 5) is 10.1. The van der Waals surface area contributed by atoms with Crippen molar-refractivity contribution in [3.8, 4) is 0 Å². The van der Waals surface area contributed by atoms with Crippen LogP contribution >= 0.6 is 0 Å². The number of halogens is 1. The van der Waals surface area contributed by atoms with E-state index in [4.69, 9.17) is 0 Å². The van der Waals surface area contributed by atoms with Crippen molar-refractivity contribution in [1.29, 1.82) is 0 Å². The normalized spacial score (nSPS) is 12.2. The zero-order valence-electron chi connectivity index (χ0n) is 10.9. The monoisotopic (exact) mass is 275 g/mol. The molecule has 20 heavy (non-hydrogen) atoms. The lowest BCUT2D eigenvalue weighted by atomic mass is 9.97. The van der Waals surface area contributed by atoms with E-state index in [1.165, 1.54) is 24.3 Å². The first-order valence-corrected chi connectivity index (χ1v) is 6.15. The van der Waals surface area contributed by atoms with E-state index in [0.717, 1.165) is 11.1 Å². The molecule has 0 saturated carbocycles. The third kappa shape index (κ3) is 3.19. The van der Waals surface area contributed by atoms with Gasteiger partial charge in [0.1, 0.15) is 5.82 Å². The van der Waals surface area contributed by atoms with Gasteiger partial charge in [0, 0.05) is 18.6 Å². The molecule has 4 nitrogen and oxygen atoms in total. The fraction of sp³-hybridized carbons (Fsp3) is 0.200. The number of hydrogen-bond donors (Lipinski definition) is 1. The maximum atomic E-state index is 13.2. The Morgan fingerprint density at radius 2 is 1.90 bits per heavy atom. The minimum atomic E-state index is -0.841. The quantitative estimate of drug-likeness (QED) is 0.687. The first kappa shape index (κ1) is 14.1. The van der Waals surface area contributed by atoms with Gasteiger partial charge in [-0.1, -0.05) is 18.2 Å². The molecule has 0 bridgehead atoms. The SMILES string of the molecule is Cc1ccc(F)cc1C(O)Cc1ccc([N+](=O)[O-])cc1. The van der Waals surface area contributed by atoms with E-state index in [2.05, 4.69) is 0 Å². The predicted octanol–water partition coefficient (Wildman–Crippen LogP) is 3.32. The van der Waals surface area contributed by atoms with Crippen molar-refractivity contribution in [2.24, 2.45) is 0 Å². The van der Waals surface area contributed by atoms with Gasteiger partial charge in [-0.3, -0.25) is 10.1 Å². The molecule has 5 heteroatoms. The maximum absolute atomic E-state index is 13.2. The Bertz CT molecular complexity index is 626. The van der Waals surface area contributed by atoms with Gasteiger partial charge in [0.05, 0.1) is 11.0 Å². The van der Waals surface area contributed by atoms with E-state index in [1.54, 1.807) is 25.1 Å². The smallest absolute Gasteiger partial charge is 0.269 e. The molecule has 104 valence electrons. The van der Waals surface area contributed by atoms with Crippen LogP contribution in [0.15, 0.2) is 42.5 Å². The van der Waals surface area contributed by atoms with Crippen molar-refractivity contribution in [3.63, 3.8) is 0 Å². The van der Waals surface area contributed by atoms with E-state index >= 15 is 0 Å². The third-order valence-electron chi connectivity index (χ3n) is 3.18. The largest absolute Gasteiger partial charge is 0.388 e. The lowest BCUT2D eigenvalue weighted by Crippen LogP contribution is -2.04. The van der Waals surface area contributed by atoms with E-state index in [0.29, 0.717) is 5.56 Å². The van der Waals surface area contributed by atoms with Crippen LogP contribution in [0.25, 0.3) is 0 Å². The second-order valence-corrected chi connectivity index (χ2v) is 4.64. The Morgan fingerprint density at radius 1 is 1.25 bits per heavy atom. The second-order valence-electron chi connectivity index (χ2n) is 4.64. The summed E-state index contributed by atoms with van der Waals surface area (Å²) >= 11 is 0. The summed E-state index contributed by atoms with van der Waals surface area (Å²) in [5.41, 5.74) is 2.10. The number of aliphatic hydroxyl groups excluding tert-OH is 1. The molecule has 1 unspecified atom stereocenters. The second kappa shape index (κ2) is 5.79. The number of nitrogens with zero attached hydrogens (tertiary/aromatic N) is 1. The van der Waals surface area contributed by atoms with Gasteiger partial charge < -0.3 is 5.11 Å². The summed E-state index contributed by atoms with van der Waals surface area (Å²) in [7, 11) is 0. The molecule has 0 aliphatic heterocycles. The van der Waals surface area contributed by atoms with Crippen LogP contribution in [-0.2, 0) is 6.42 Å². The summed E-state index contributed by atoms with van der Waals surface area (Å²) in [6, 6.07) is 10.2. The standard InChI is InChI=1S/C15H14FNO3/c1-10-2-5-12(16)9-14(10)15(18)8-11-3-6-13(7-4-11)17(19)20/h2-7,9,15,18H,8H2,1H3. The van der Waals surface area contributed by atoms with Crippen molar-refractivity contribution in [2.45, 2.75) is 19.4 Å². The van der Waals surface area contributed by atoms with Gasteiger partial charge in [0.2, 0.25) is 0 Å². The Labute approximate surface area is 115 Å². The summed E-state index contributed by atoms with van der Waals surface area (Å²) in [6.07, 6.45) is -0.561. The Hall–Kier alpha value is -2.27. The van der Waals surface area contributed by atoms with Crippen molar-refractivity contribution < 1.29 is 14.4 Å². The van der Waals surface area contributed by atoms with Gasteiger partial charge >= 0.3 is 0 Å². The molecule has 0 spiro atoms. The van der Waals surface area contributed by atoms with Crippen LogP contribution in [0, 0.1) is 22.9 Å². The summed E-state index contributed by atoms with van der Waals surface area (Å²) < 4.78 is 13.2. The summed E-state index contributed by atoms with van der Waals surface area (Å²) in [5.74, 6) is -0.395. The minimum Gasteiger partial charge on any atom is -0.388 e. The number of hydrogen-bond acceptors (Lipinski definition) is 3. The highest BCUT2D eigenvalue weighted by Gasteiger charge is 2.13. The average molecular weight is 275 g/mol. The molecular formula is C15H14FNO3. The first-order chi connectivity index (χ1) is 9.47. The van der Waals surface area contributed by atoms with Crippen LogP contribution in [-0.4, -0.2) is 10.0 Å². The van der Waals surface area contributed by atoms with Gasteiger partial charge in [-0.25, -0.2) is 4.39 Å². The summed E-state index contributed by atoms with van der Waals surface area (Å²) in [6.45, 7) is 1.80. The van der Waals surface area contributed by atoms with Gasteiger partial charge in [-0.15, -0.1) is 0 Å². The van der Waals surface area contributed by atoms with Crippen LogP contribution in [0.1, 0.15) is 22.8 Å². The molecule has 1 atom stereocenters. The average Bonchev–Trinajstić information content (AvgIpc) is 2.42. The number of nitro groups is 1. The number of aliphatic hydroxyl groups is 1. The number of non-ortho nitro benzene ring substituents is 1. The fourth-order valence-corrected chi connectivity index (χ4v) is 2.06. The molecule has 0 heterocycles. The zero-order valence-corrected chi connectivity index (χ0v) is 10.9. The van der Waals surface area contributed by atoms with Gasteiger partial charge in [0.25, 0.3) is 5.69 Å². The number of nitro benzene ring substituents is 1. The van der Waals surface area contributed by atoms with Gasteiger partial charge in [-0.05, 0) is 35.7 Å². The van der Waals surface area contributed by atoms with Crippen LogP contribution in [0.3, 0.4) is 0 Å². The molecule has 1 N–H and O–H groups in total. The Balaban J connectivity index is 2.16. The van der Waals surface area contributed by atoms with Gasteiger partial charge in [0.15, 0.2) is 0 Å². The number of rotatable bonds is 4. The molecule has 0 radical (unpaired) electrons. The highest BCUT2D eigenvalue weighted by molar-refractivity contribution is 5.35. The van der Waals surface area contributed by atoms with Crippen LogP contribution in [0.4, 0.5) is 10.1 Å². The topological polar surface area (TPSA) is 63.4 Å². The fourth-order valence-electron chi connectivity index (χ4n) is 2.06. The van der Waals surface area contributed by atoms with Crippen LogP contribution in [0.2, 0.25) is 0 Å². The molecule has 0 fully saturated rings. The molecular weight excluding hydrogens is 261 g/mol. The van der Waals surface area contributed by atoms with Crippen molar-refractivity contribution in [2.75, 3.05) is 0 Å². The number of aryl methyl sites for hydroxylation is 1. The number of benzene rings is 2. The molecule has 0 aromatic heterocycles. The predicted molar refractivity (Wildman–Crippen MR) is 72.9 cm³/mol. The van der Waals surface area contributed by atoms with Crippen LogP contribution in [0.5, 0.6) is 0 Å². The van der Waals surface area contributed by atoms with E-state index in [9.17, 15) is 19.6 Å². The van der Waals surface area contributed by atoms with Crippen molar-refractivity contribution >= 4 is 5.69 Å². The molecule has 0 aliphatic carbocycles. The zero-order chi connectivity index (χ0) is 14.7. The first-order valence-electron chi connectivity index (χ1n) is 6.15. The van der Waals surface area contributed by atoms with E-state index in [-0.39, 0.29) is 12.1 Å². The lowest BCUT2D eigenvalue weighted by Gasteiger charge is -2.14. The molecule has 2 rings (SSSR count). The summed E-state index contributed by atoms with van der Waals surface area (Å²) in [5, 5.41) is 20.7.